The predicted octanol–water partition coefficient (Wildman–Crippen LogP) is 3.05. The second-order valence-electron chi connectivity index (χ2n) is 5.03. The predicted molar refractivity (Wildman–Crippen MR) is 82.8 cm³/mol. The first-order valence-electron chi connectivity index (χ1n) is 6.40. The number of thiol groups is 1. The zero-order valence-corrected chi connectivity index (χ0v) is 12.6. The van der Waals surface area contributed by atoms with Crippen LogP contribution < -0.4 is 0 Å². The summed E-state index contributed by atoms with van der Waals surface area (Å²) in [7, 11) is 1.23. The summed E-state index contributed by atoms with van der Waals surface area (Å²) >= 11 is 0. The summed E-state index contributed by atoms with van der Waals surface area (Å²) in [5.74, 6) is 0.573. The molecule has 0 saturated carbocycles. The van der Waals surface area contributed by atoms with Crippen LogP contribution in [0.5, 0.6) is 0 Å². The van der Waals surface area contributed by atoms with Crippen LogP contribution in [0.3, 0.4) is 0 Å². The first-order valence-corrected chi connectivity index (χ1v) is 8.25. The van der Waals surface area contributed by atoms with E-state index in [4.69, 9.17) is 0 Å². The Bertz CT molecular complexity index is 575. The number of hydrogen-bond donors (Lipinski definition) is 1. The van der Waals surface area contributed by atoms with Gasteiger partial charge in [0.2, 0.25) is 0 Å². The lowest BCUT2D eigenvalue weighted by Gasteiger charge is -2.31. The maximum absolute atomic E-state index is 13.3. The molecule has 0 aliphatic rings. The lowest BCUT2D eigenvalue weighted by atomic mass is 10.2. The normalized spacial score (nSPS) is 12.6. The van der Waals surface area contributed by atoms with Gasteiger partial charge in [0.15, 0.2) is 0 Å². The van der Waals surface area contributed by atoms with Gasteiger partial charge in [-0.2, -0.15) is 0 Å². The average molecular weight is 275 g/mol. The number of hydrogen-bond acceptors (Lipinski definition) is 1. The number of rotatable bonds is 4. The van der Waals surface area contributed by atoms with Crippen LogP contribution in [0.25, 0.3) is 0 Å². The molecule has 2 rings (SSSR count). The van der Waals surface area contributed by atoms with Crippen LogP contribution >= 0.6 is 0 Å². The van der Waals surface area contributed by atoms with E-state index in [1.54, 1.807) is 0 Å². The van der Waals surface area contributed by atoms with E-state index in [-0.39, 0.29) is 0 Å². The first kappa shape index (κ1) is 14.0. The average Bonchev–Trinajstić information content (AvgIpc) is 2.40. The minimum atomic E-state index is -2.55. The molecular formula is C16H21NOS. The highest BCUT2D eigenvalue weighted by molar-refractivity contribution is 8.00. The summed E-state index contributed by atoms with van der Waals surface area (Å²) < 4.78 is 15.2. The molecule has 19 heavy (non-hydrogen) atoms. The highest BCUT2D eigenvalue weighted by Gasteiger charge is 2.20. The molecule has 2 aromatic carbocycles. The van der Waals surface area contributed by atoms with Crippen molar-refractivity contribution < 1.29 is 4.21 Å². The second-order valence-corrected chi connectivity index (χ2v) is 8.06. The Morgan fingerprint density at radius 1 is 0.947 bits per heavy atom. The Balaban J connectivity index is 2.38. The minimum absolute atomic E-state index is 0.573. The molecular weight excluding hydrogens is 254 g/mol. The van der Waals surface area contributed by atoms with E-state index < -0.39 is 10.1 Å². The van der Waals surface area contributed by atoms with Gasteiger partial charge in [-0.15, -0.1) is 0 Å². The summed E-state index contributed by atoms with van der Waals surface area (Å²) in [6.07, 6.45) is 0. The fraction of sp³-hybridized carbons (Fsp3) is 0.250. The number of aryl methyl sites for hydroxylation is 1. The van der Waals surface area contributed by atoms with E-state index in [0.717, 1.165) is 10.5 Å². The third-order valence-electron chi connectivity index (χ3n) is 3.32. The molecule has 0 fully saturated rings. The van der Waals surface area contributed by atoms with Crippen LogP contribution in [-0.4, -0.2) is 22.6 Å². The van der Waals surface area contributed by atoms with Gasteiger partial charge in [-0.3, -0.25) is 4.21 Å². The molecule has 2 nitrogen and oxygen atoms in total. The van der Waals surface area contributed by atoms with Gasteiger partial charge in [-0.05, 0) is 48.8 Å². The lowest BCUT2D eigenvalue weighted by Crippen LogP contribution is -2.32. The van der Waals surface area contributed by atoms with Crippen LogP contribution in [0, 0.1) is 6.92 Å². The molecule has 0 N–H and O–H groups in total. The van der Waals surface area contributed by atoms with Crippen LogP contribution in [0.4, 0.5) is 0 Å². The van der Waals surface area contributed by atoms with Crippen LogP contribution in [0.15, 0.2) is 59.5 Å². The van der Waals surface area contributed by atoms with Crippen molar-refractivity contribution in [2.75, 3.05) is 14.1 Å². The van der Waals surface area contributed by atoms with E-state index in [2.05, 4.69) is 0 Å². The maximum Gasteiger partial charge on any atom is 0.0421 e. The fourth-order valence-corrected chi connectivity index (χ4v) is 4.32. The van der Waals surface area contributed by atoms with Gasteiger partial charge in [-0.1, -0.05) is 48.0 Å². The van der Waals surface area contributed by atoms with Crippen molar-refractivity contribution in [3.63, 3.8) is 0 Å². The fourth-order valence-electron chi connectivity index (χ4n) is 2.07. The van der Waals surface area contributed by atoms with E-state index >= 15 is 0 Å². The van der Waals surface area contributed by atoms with E-state index in [1.165, 1.54) is 5.56 Å². The van der Waals surface area contributed by atoms with E-state index in [1.807, 2.05) is 79.9 Å². The van der Waals surface area contributed by atoms with Gasteiger partial charge in [0.1, 0.15) is 0 Å². The van der Waals surface area contributed by atoms with Crippen molar-refractivity contribution in [2.45, 2.75) is 17.6 Å². The Labute approximate surface area is 116 Å². The molecule has 0 atom stereocenters. The molecule has 0 bridgehead atoms. The van der Waals surface area contributed by atoms with Gasteiger partial charge in [-0.25, -0.2) is 4.31 Å². The first-order chi connectivity index (χ1) is 9.02. The maximum atomic E-state index is 13.3. The molecule has 3 heteroatoms. The summed E-state index contributed by atoms with van der Waals surface area (Å²) in [6.45, 7) is 2.04. The summed E-state index contributed by atoms with van der Waals surface area (Å²) in [4.78, 5) is 0.923. The Morgan fingerprint density at radius 2 is 1.53 bits per heavy atom. The summed E-state index contributed by atoms with van der Waals surface area (Å²) in [5, 5.41) is 0. The third kappa shape index (κ3) is 3.11. The molecule has 0 aromatic heterocycles. The van der Waals surface area contributed by atoms with Gasteiger partial charge in [0.25, 0.3) is 0 Å². The standard InChI is InChI=1S/C16H21NOS/c1-14-9-11-16(12-10-14)19(18,17(2)3)13-15-7-5-4-6-8-15/h4-12,19H,13H2,1-3H3. The molecule has 0 heterocycles. The lowest BCUT2D eigenvalue weighted by molar-refractivity contribution is 0.580. The zero-order chi connectivity index (χ0) is 13.9. The molecule has 0 radical (unpaired) electrons. The molecule has 0 aliphatic heterocycles. The van der Waals surface area contributed by atoms with Gasteiger partial charge in [0, 0.05) is 10.6 Å². The molecule has 0 unspecified atom stereocenters. The minimum Gasteiger partial charge on any atom is -0.266 e. The van der Waals surface area contributed by atoms with E-state index in [9.17, 15) is 4.21 Å². The van der Waals surface area contributed by atoms with Crippen molar-refractivity contribution in [1.29, 1.82) is 0 Å². The topological polar surface area (TPSA) is 20.3 Å². The Morgan fingerprint density at radius 3 is 2.05 bits per heavy atom. The molecule has 0 aliphatic carbocycles. The van der Waals surface area contributed by atoms with Gasteiger partial charge >= 0.3 is 0 Å². The van der Waals surface area contributed by atoms with Crippen LogP contribution in [-0.2, 0) is 15.9 Å². The Kier molecular flexibility index (Phi) is 4.17. The molecule has 102 valence electrons. The Hall–Kier alpha value is -1.45. The van der Waals surface area contributed by atoms with Crippen molar-refractivity contribution in [1.82, 2.24) is 4.31 Å². The largest absolute Gasteiger partial charge is 0.266 e. The highest BCUT2D eigenvalue weighted by atomic mass is 32.3. The zero-order valence-electron chi connectivity index (χ0n) is 11.7. The molecule has 0 spiro atoms. The second kappa shape index (κ2) is 5.68. The van der Waals surface area contributed by atoms with Crippen LogP contribution in [0.2, 0.25) is 0 Å². The number of benzene rings is 2. The summed E-state index contributed by atoms with van der Waals surface area (Å²) in [6, 6.07) is 18.0. The molecule has 0 saturated heterocycles. The van der Waals surface area contributed by atoms with Gasteiger partial charge < -0.3 is 0 Å². The van der Waals surface area contributed by atoms with Crippen molar-refractivity contribution in [2.24, 2.45) is 0 Å². The third-order valence-corrected chi connectivity index (χ3v) is 6.51. The van der Waals surface area contributed by atoms with E-state index in [0.29, 0.717) is 5.75 Å². The molecule has 0 amide bonds. The highest BCUT2D eigenvalue weighted by Crippen LogP contribution is 2.26. The number of nitrogens with zero attached hydrogens (tertiary/aromatic N) is 1. The molecule has 2 aromatic rings. The van der Waals surface area contributed by atoms with Crippen molar-refractivity contribution in [3.8, 4) is 0 Å². The van der Waals surface area contributed by atoms with Crippen molar-refractivity contribution in [3.05, 3.63) is 65.7 Å². The summed E-state index contributed by atoms with van der Waals surface area (Å²) in [5.41, 5.74) is 2.30. The SMILES string of the molecule is Cc1ccc([SH](=O)(Cc2ccccc2)N(C)C)cc1. The smallest absolute Gasteiger partial charge is 0.0421 e. The quantitative estimate of drug-likeness (QED) is 0.850. The van der Waals surface area contributed by atoms with Crippen LogP contribution in [0.1, 0.15) is 11.1 Å². The van der Waals surface area contributed by atoms with Gasteiger partial charge in [0.05, 0.1) is 0 Å². The monoisotopic (exact) mass is 275 g/mol. The van der Waals surface area contributed by atoms with Crippen molar-refractivity contribution >= 4 is 10.1 Å².